The number of nitrogens with one attached hydrogen (secondary N) is 1. The number of nitrogens with zero attached hydrogens (tertiary/aromatic N) is 1. The number of esters is 1. The van der Waals surface area contributed by atoms with E-state index in [-0.39, 0.29) is 29.6 Å². The number of piperidine rings is 1. The molecule has 0 saturated carbocycles. The van der Waals surface area contributed by atoms with Crippen LogP contribution in [0.3, 0.4) is 0 Å². The largest absolute Gasteiger partial charge is 0.462 e. The Morgan fingerprint density at radius 2 is 1.61 bits per heavy atom. The van der Waals surface area contributed by atoms with Crippen LogP contribution in [0.15, 0.2) is 72.8 Å². The second-order valence-corrected chi connectivity index (χ2v) is 9.09. The van der Waals surface area contributed by atoms with Gasteiger partial charge >= 0.3 is 5.97 Å². The summed E-state index contributed by atoms with van der Waals surface area (Å²) in [5.74, 6) is -2.08. The molecule has 2 amide bonds. The van der Waals surface area contributed by atoms with Crippen molar-refractivity contribution in [2.75, 3.05) is 32.1 Å². The first-order valence-electron chi connectivity index (χ1n) is 12.7. The average Bonchev–Trinajstić information content (AvgIpc) is 2.94. The minimum absolute atomic E-state index is 0.124. The number of methoxy groups -OCH3 is 1. The quantitative estimate of drug-likeness (QED) is 0.407. The fourth-order valence-corrected chi connectivity index (χ4v) is 4.72. The highest BCUT2D eigenvalue weighted by molar-refractivity contribution is 5.98. The summed E-state index contributed by atoms with van der Waals surface area (Å²) in [7, 11) is 1.50. The molecule has 1 saturated heterocycles. The third kappa shape index (κ3) is 6.08. The molecule has 0 aromatic heterocycles. The minimum atomic E-state index is -0.848. The van der Waals surface area contributed by atoms with Gasteiger partial charge in [-0.3, -0.25) is 9.59 Å². The van der Waals surface area contributed by atoms with Gasteiger partial charge in [-0.15, -0.1) is 0 Å². The number of benzene rings is 3. The third-order valence-corrected chi connectivity index (χ3v) is 6.73. The van der Waals surface area contributed by atoms with Gasteiger partial charge in [0, 0.05) is 25.9 Å². The van der Waals surface area contributed by atoms with E-state index in [1.165, 1.54) is 25.3 Å². The van der Waals surface area contributed by atoms with Crippen LogP contribution < -0.4 is 5.32 Å². The van der Waals surface area contributed by atoms with Crippen LogP contribution in [-0.2, 0) is 14.3 Å². The highest BCUT2D eigenvalue weighted by atomic mass is 19.1. The predicted molar refractivity (Wildman–Crippen MR) is 141 cm³/mol. The number of carbonyl (C=O) groups excluding carboxylic acids is 3. The molecule has 1 N–H and O–H groups in total. The van der Waals surface area contributed by atoms with Crippen molar-refractivity contribution in [2.45, 2.75) is 31.8 Å². The van der Waals surface area contributed by atoms with E-state index in [0.29, 0.717) is 18.8 Å². The van der Waals surface area contributed by atoms with Gasteiger partial charge in [0.15, 0.2) is 6.10 Å². The molecule has 1 heterocycles. The Morgan fingerprint density at radius 1 is 0.947 bits per heavy atom. The molecule has 0 aliphatic carbocycles. The number of carbonyl (C=O) groups is 3. The molecule has 0 spiro atoms. The standard InChI is InChI=1S/C30H31FN2O5/c1-3-38-30(36)25-11-7-10-24(26(25)31)29(35)33-18-16-21(17-19-33)20-12-14-23(15-13-20)32-28(34)27(37-2)22-8-5-4-6-9-22/h4-15,21,27H,3,16-19H2,1-2H3,(H,32,34)/t27-/m1/s1. The van der Waals surface area contributed by atoms with Gasteiger partial charge in [0.2, 0.25) is 0 Å². The molecule has 1 atom stereocenters. The van der Waals surface area contributed by atoms with E-state index in [1.54, 1.807) is 11.8 Å². The summed E-state index contributed by atoms with van der Waals surface area (Å²) in [5, 5.41) is 2.90. The van der Waals surface area contributed by atoms with Crippen LogP contribution in [0, 0.1) is 5.82 Å². The Bertz CT molecular complexity index is 1270. The zero-order valence-corrected chi connectivity index (χ0v) is 21.5. The van der Waals surface area contributed by atoms with Gasteiger partial charge in [0.1, 0.15) is 5.82 Å². The third-order valence-electron chi connectivity index (χ3n) is 6.73. The molecular weight excluding hydrogens is 487 g/mol. The fourth-order valence-electron chi connectivity index (χ4n) is 4.72. The van der Waals surface area contributed by atoms with Crippen molar-refractivity contribution in [3.05, 3.63) is 101 Å². The molecule has 3 aromatic rings. The van der Waals surface area contributed by atoms with Gasteiger partial charge in [-0.1, -0.05) is 48.5 Å². The second kappa shape index (κ2) is 12.5. The molecule has 1 aliphatic heterocycles. The summed E-state index contributed by atoms with van der Waals surface area (Å²) in [6.07, 6.45) is 0.729. The van der Waals surface area contributed by atoms with Crippen LogP contribution in [0.25, 0.3) is 0 Å². The molecule has 1 fully saturated rings. The zero-order chi connectivity index (χ0) is 27.1. The fraction of sp³-hybridized carbons (Fsp3) is 0.300. The summed E-state index contributed by atoms with van der Waals surface area (Å²) < 4.78 is 25.2. The highest BCUT2D eigenvalue weighted by Crippen LogP contribution is 2.30. The molecule has 198 valence electrons. The summed E-state index contributed by atoms with van der Waals surface area (Å²) in [4.78, 5) is 39.4. The Labute approximate surface area is 221 Å². The number of ether oxygens (including phenoxy) is 2. The van der Waals surface area contributed by atoms with Crippen LogP contribution >= 0.6 is 0 Å². The topological polar surface area (TPSA) is 84.9 Å². The van der Waals surface area contributed by atoms with E-state index in [9.17, 15) is 18.8 Å². The van der Waals surface area contributed by atoms with E-state index in [0.717, 1.165) is 24.0 Å². The maximum atomic E-state index is 14.9. The minimum Gasteiger partial charge on any atom is -0.462 e. The number of anilines is 1. The van der Waals surface area contributed by atoms with Crippen molar-refractivity contribution in [2.24, 2.45) is 0 Å². The van der Waals surface area contributed by atoms with E-state index >= 15 is 0 Å². The van der Waals surface area contributed by atoms with Crippen LogP contribution in [0.1, 0.15) is 63.6 Å². The molecule has 0 unspecified atom stereocenters. The lowest BCUT2D eigenvalue weighted by atomic mass is 9.89. The average molecular weight is 519 g/mol. The molecule has 8 heteroatoms. The summed E-state index contributed by atoms with van der Waals surface area (Å²) in [6.45, 7) is 2.70. The molecule has 38 heavy (non-hydrogen) atoms. The maximum absolute atomic E-state index is 14.9. The first-order valence-corrected chi connectivity index (χ1v) is 12.7. The molecule has 4 rings (SSSR count). The summed E-state index contributed by atoms with van der Waals surface area (Å²) in [6, 6.07) is 21.2. The van der Waals surface area contributed by atoms with E-state index in [1.807, 2.05) is 54.6 Å². The lowest BCUT2D eigenvalue weighted by molar-refractivity contribution is -0.126. The number of hydrogen-bond acceptors (Lipinski definition) is 5. The smallest absolute Gasteiger partial charge is 0.341 e. The first-order chi connectivity index (χ1) is 18.4. The van der Waals surface area contributed by atoms with Crippen molar-refractivity contribution in [3.8, 4) is 0 Å². The van der Waals surface area contributed by atoms with Gasteiger partial charge in [0.25, 0.3) is 11.8 Å². The molecular formula is C30H31FN2O5. The predicted octanol–water partition coefficient (Wildman–Crippen LogP) is 5.35. The Hall–Kier alpha value is -4.04. The van der Waals surface area contributed by atoms with E-state index < -0.39 is 23.8 Å². The highest BCUT2D eigenvalue weighted by Gasteiger charge is 2.28. The van der Waals surface area contributed by atoms with Crippen LogP contribution in [0.4, 0.5) is 10.1 Å². The van der Waals surface area contributed by atoms with E-state index in [2.05, 4.69) is 5.32 Å². The van der Waals surface area contributed by atoms with Crippen molar-refractivity contribution < 1.29 is 28.2 Å². The lowest BCUT2D eigenvalue weighted by Crippen LogP contribution is -2.38. The number of likely N-dealkylation sites (tertiary alicyclic amines) is 1. The second-order valence-electron chi connectivity index (χ2n) is 9.09. The normalized spacial score (nSPS) is 14.6. The Kier molecular flexibility index (Phi) is 8.86. The van der Waals surface area contributed by atoms with Crippen molar-refractivity contribution in [1.82, 2.24) is 4.90 Å². The molecule has 7 nitrogen and oxygen atoms in total. The monoisotopic (exact) mass is 518 g/mol. The first kappa shape index (κ1) is 27.0. The Balaban J connectivity index is 1.35. The maximum Gasteiger partial charge on any atom is 0.341 e. The van der Waals surface area contributed by atoms with Crippen LogP contribution in [0.2, 0.25) is 0 Å². The Morgan fingerprint density at radius 3 is 2.24 bits per heavy atom. The molecule has 0 radical (unpaired) electrons. The van der Waals surface area contributed by atoms with Crippen LogP contribution in [0.5, 0.6) is 0 Å². The van der Waals surface area contributed by atoms with E-state index in [4.69, 9.17) is 9.47 Å². The zero-order valence-electron chi connectivity index (χ0n) is 21.5. The van der Waals surface area contributed by atoms with Gasteiger partial charge in [-0.2, -0.15) is 0 Å². The number of rotatable bonds is 8. The molecule has 1 aliphatic rings. The number of amides is 2. The summed E-state index contributed by atoms with van der Waals surface area (Å²) >= 11 is 0. The lowest BCUT2D eigenvalue weighted by Gasteiger charge is -2.32. The molecule has 0 bridgehead atoms. The van der Waals surface area contributed by atoms with Crippen molar-refractivity contribution >= 4 is 23.5 Å². The van der Waals surface area contributed by atoms with Gasteiger partial charge in [0.05, 0.1) is 17.7 Å². The van der Waals surface area contributed by atoms with Crippen molar-refractivity contribution in [3.63, 3.8) is 0 Å². The molecule has 3 aromatic carbocycles. The summed E-state index contributed by atoms with van der Waals surface area (Å²) in [5.41, 5.74) is 2.19. The number of halogens is 1. The van der Waals surface area contributed by atoms with Gasteiger partial charge in [-0.25, -0.2) is 9.18 Å². The van der Waals surface area contributed by atoms with Gasteiger partial charge < -0.3 is 19.7 Å². The van der Waals surface area contributed by atoms with Gasteiger partial charge in [-0.05, 0) is 61.1 Å². The van der Waals surface area contributed by atoms with Crippen LogP contribution in [-0.4, -0.2) is 49.5 Å². The number of hydrogen-bond donors (Lipinski definition) is 1. The van der Waals surface area contributed by atoms with Crippen molar-refractivity contribution in [1.29, 1.82) is 0 Å². The SMILES string of the molecule is CCOC(=O)c1cccc(C(=O)N2CCC(c3ccc(NC(=O)[C@H](OC)c4ccccc4)cc3)CC2)c1F.